The Bertz CT molecular complexity index is 453. The Kier molecular flexibility index (Phi) is 1.82. The molecular weight excluding hydrogens is 188 g/mol. The van der Waals surface area contributed by atoms with Crippen LogP contribution in [0.1, 0.15) is 0 Å². The van der Waals surface area contributed by atoms with Crippen molar-refractivity contribution in [3.8, 4) is 0 Å². The average molecular weight is 194 g/mol. The first-order valence-corrected chi connectivity index (χ1v) is 4.40. The molecule has 0 bridgehead atoms. The summed E-state index contributed by atoms with van der Waals surface area (Å²) in [6.45, 7) is 0. The fraction of sp³-hybridized carbons (Fsp3) is 0. The summed E-state index contributed by atoms with van der Waals surface area (Å²) in [4.78, 5) is 18.1. The van der Waals surface area contributed by atoms with Gasteiger partial charge in [-0.05, 0) is 11.4 Å². The molecule has 2 aromatic rings. The van der Waals surface area contributed by atoms with Crippen molar-refractivity contribution in [1.29, 1.82) is 0 Å². The van der Waals surface area contributed by atoms with E-state index in [1.54, 1.807) is 0 Å². The van der Waals surface area contributed by atoms with Crippen molar-refractivity contribution in [3.05, 3.63) is 11.4 Å². The van der Waals surface area contributed by atoms with Crippen LogP contribution in [-0.4, -0.2) is 16.4 Å². The van der Waals surface area contributed by atoms with Gasteiger partial charge in [0, 0.05) is 0 Å². The molecule has 1 amide bonds. The Balaban J connectivity index is 2.69. The van der Waals surface area contributed by atoms with E-state index in [1.807, 2.05) is 11.4 Å². The normalized spacial score (nSPS) is 10.2. The summed E-state index contributed by atoms with van der Waals surface area (Å²) >= 11 is 1.46. The van der Waals surface area contributed by atoms with Crippen molar-refractivity contribution < 1.29 is 4.79 Å². The van der Waals surface area contributed by atoms with Crippen molar-refractivity contribution in [1.82, 2.24) is 9.97 Å². The predicted molar refractivity (Wildman–Crippen MR) is 51.5 cm³/mol. The molecule has 0 aliphatic rings. The number of hydrogen-bond acceptors (Lipinski definition) is 5. The lowest BCUT2D eigenvalue weighted by Crippen LogP contribution is -2.01. The molecule has 0 aliphatic carbocycles. The van der Waals surface area contributed by atoms with Gasteiger partial charge >= 0.3 is 0 Å². The Morgan fingerprint density at radius 1 is 1.54 bits per heavy atom. The third kappa shape index (κ3) is 1.31. The first-order chi connectivity index (χ1) is 6.31. The number of nitrogens with zero attached hydrogens (tertiary/aromatic N) is 2. The third-order valence-corrected chi connectivity index (χ3v) is 2.43. The van der Waals surface area contributed by atoms with Gasteiger partial charge in [-0.15, -0.1) is 11.3 Å². The van der Waals surface area contributed by atoms with E-state index in [0.717, 1.165) is 10.2 Å². The second-order valence-electron chi connectivity index (χ2n) is 2.33. The van der Waals surface area contributed by atoms with Crippen molar-refractivity contribution in [2.24, 2.45) is 0 Å². The van der Waals surface area contributed by atoms with Gasteiger partial charge < -0.3 is 11.1 Å². The Labute approximate surface area is 77.6 Å². The minimum absolute atomic E-state index is 0.162. The SMILES string of the molecule is Nc1nc(NC=O)c2sccc2n1. The lowest BCUT2D eigenvalue weighted by atomic mass is 10.4. The van der Waals surface area contributed by atoms with Crippen LogP contribution in [0.5, 0.6) is 0 Å². The topological polar surface area (TPSA) is 80.9 Å². The zero-order valence-corrected chi connectivity index (χ0v) is 7.34. The monoisotopic (exact) mass is 194 g/mol. The number of fused-ring (bicyclic) bond motifs is 1. The molecule has 2 aromatic heterocycles. The summed E-state index contributed by atoms with van der Waals surface area (Å²) in [5, 5.41) is 4.35. The largest absolute Gasteiger partial charge is 0.368 e. The highest BCUT2D eigenvalue weighted by Gasteiger charge is 2.05. The van der Waals surface area contributed by atoms with Gasteiger partial charge in [0.2, 0.25) is 12.4 Å². The quantitative estimate of drug-likeness (QED) is 0.694. The summed E-state index contributed by atoms with van der Waals surface area (Å²) < 4.78 is 0.835. The number of rotatable bonds is 2. The summed E-state index contributed by atoms with van der Waals surface area (Å²) in [5.41, 5.74) is 6.19. The van der Waals surface area contributed by atoms with E-state index >= 15 is 0 Å². The lowest BCUT2D eigenvalue weighted by Gasteiger charge is -1.99. The van der Waals surface area contributed by atoms with Gasteiger partial charge in [0.15, 0.2) is 5.82 Å². The van der Waals surface area contributed by atoms with Crippen LogP contribution in [0, 0.1) is 0 Å². The number of nitrogens with one attached hydrogen (secondary N) is 1. The van der Waals surface area contributed by atoms with Crippen LogP contribution in [0.4, 0.5) is 11.8 Å². The van der Waals surface area contributed by atoms with E-state index in [9.17, 15) is 4.79 Å². The van der Waals surface area contributed by atoms with Crippen LogP contribution in [0.2, 0.25) is 0 Å². The minimum atomic E-state index is 0.162. The van der Waals surface area contributed by atoms with Crippen LogP contribution >= 0.6 is 11.3 Å². The molecule has 0 saturated heterocycles. The number of amides is 1. The number of hydrogen-bond donors (Lipinski definition) is 2. The fourth-order valence-electron chi connectivity index (χ4n) is 1.04. The molecule has 0 unspecified atom stereocenters. The van der Waals surface area contributed by atoms with Crippen molar-refractivity contribution in [2.45, 2.75) is 0 Å². The average Bonchev–Trinajstić information content (AvgIpc) is 2.52. The Morgan fingerprint density at radius 2 is 2.38 bits per heavy atom. The number of anilines is 2. The Morgan fingerprint density at radius 3 is 3.15 bits per heavy atom. The summed E-state index contributed by atoms with van der Waals surface area (Å²) in [6, 6.07) is 1.83. The number of nitrogens with two attached hydrogens (primary N) is 1. The minimum Gasteiger partial charge on any atom is -0.368 e. The highest BCUT2D eigenvalue weighted by Crippen LogP contribution is 2.25. The van der Waals surface area contributed by atoms with Crippen LogP contribution in [0.25, 0.3) is 10.2 Å². The summed E-state index contributed by atoms with van der Waals surface area (Å²) in [6.07, 6.45) is 0.570. The smallest absolute Gasteiger partial charge is 0.222 e. The van der Waals surface area contributed by atoms with Gasteiger partial charge in [-0.3, -0.25) is 4.79 Å². The molecule has 0 saturated carbocycles. The van der Waals surface area contributed by atoms with Crippen LogP contribution in [0.15, 0.2) is 11.4 Å². The number of thiophene rings is 1. The van der Waals surface area contributed by atoms with Gasteiger partial charge in [-0.25, -0.2) is 4.98 Å². The highest BCUT2D eigenvalue weighted by molar-refractivity contribution is 7.17. The van der Waals surface area contributed by atoms with Crippen LogP contribution < -0.4 is 11.1 Å². The van der Waals surface area contributed by atoms with Gasteiger partial charge in [-0.2, -0.15) is 4.98 Å². The molecule has 0 spiro atoms. The second-order valence-corrected chi connectivity index (χ2v) is 3.24. The lowest BCUT2D eigenvalue weighted by molar-refractivity contribution is -0.105. The van der Waals surface area contributed by atoms with Gasteiger partial charge in [0.25, 0.3) is 0 Å². The van der Waals surface area contributed by atoms with Gasteiger partial charge in [-0.1, -0.05) is 0 Å². The molecule has 13 heavy (non-hydrogen) atoms. The van der Waals surface area contributed by atoms with Crippen LogP contribution in [0.3, 0.4) is 0 Å². The van der Waals surface area contributed by atoms with Gasteiger partial charge in [0.1, 0.15) is 0 Å². The standard InChI is InChI=1S/C7H6N4OS/c8-7-10-4-1-2-13-5(4)6(11-7)9-3-12/h1-3H,(H3,8,9,10,11,12). The first-order valence-electron chi connectivity index (χ1n) is 3.52. The zero-order chi connectivity index (χ0) is 9.26. The van der Waals surface area contributed by atoms with Crippen molar-refractivity contribution >= 4 is 39.7 Å². The predicted octanol–water partition coefficient (Wildman–Crippen LogP) is 0.842. The third-order valence-electron chi connectivity index (χ3n) is 1.52. The van der Waals surface area contributed by atoms with E-state index < -0.39 is 0 Å². The molecule has 0 fully saturated rings. The maximum Gasteiger partial charge on any atom is 0.222 e. The molecule has 5 nitrogen and oxygen atoms in total. The maximum absolute atomic E-state index is 10.2. The molecule has 0 aliphatic heterocycles. The van der Waals surface area contributed by atoms with E-state index in [4.69, 9.17) is 5.73 Å². The molecule has 2 heterocycles. The van der Waals surface area contributed by atoms with E-state index in [2.05, 4.69) is 15.3 Å². The second kappa shape index (κ2) is 2.98. The Hall–Kier alpha value is -1.69. The van der Waals surface area contributed by atoms with Crippen LogP contribution in [-0.2, 0) is 4.79 Å². The highest BCUT2D eigenvalue weighted by atomic mass is 32.1. The number of nitrogen functional groups attached to an aromatic ring is 1. The van der Waals surface area contributed by atoms with E-state index in [1.165, 1.54) is 11.3 Å². The zero-order valence-electron chi connectivity index (χ0n) is 6.52. The fourth-order valence-corrected chi connectivity index (χ4v) is 1.82. The van der Waals surface area contributed by atoms with Crippen molar-refractivity contribution in [2.75, 3.05) is 11.1 Å². The molecular formula is C7H6N4OS. The first kappa shape index (κ1) is 7.93. The number of aromatic nitrogens is 2. The molecule has 3 N–H and O–H groups in total. The molecule has 0 aromatic carbocycles. The summed E-state index contributed by atoms with van der Waals surface area (Å²) in [5.74, 6) is 0.628. The molecule has 2 rings (SSSR count). The summed E-state index contributed by atoms with van der Waals surface area (Å²) in [7, 11) is 0. The van der Waals surface area contributed by atoms with E-state index in [0.29, 0.717) is 12.2 Å². The van der Waals surface area contributed by atoms with Crippen molar-refractivity contribution in [3.63, 3.8) is 0 Å². The molecule has 0 atom stereocenters. The molecule has 6 heteroatoms. The number of carbonyl (C=O) groups excluding carboxylic acids is 1. The van der Waals surface area contributed by atoms with Gasteiger partial charge in [0.05, 0.1) is 10.2 Å². The maximum atomic E-state index is 10.2. The molecule has 66 valence electrons. The number of carbonyl (C=O) groups is 1. The molecule has 0 radical (unpaired) electrons. The van der Waals surface area contributed by atoms with E-state index in [-0.39, 0.29) is 5.95 Å².